The van der Waals surface area contributed by atoms with E-state index in [9.17, 15) is 20.0 Å². The molecule has 0 saturated carbocycles. The standard InChI is InChI=1S/C14H19N3O4/c1-9-7-16(5-4-13(9)18)8-11-3-2-10(14(15)19)6-12(11)17(20)21/h2-3,6,9,13,18H,4-5,7-8H2,1H3,(H2,15,19). The minimum atomic E-state index is -0.681. The quantitative estimate of drug-likeness (QED) is 0.633. The number of benzene rings is 1. The number of aliphatic hydroxyl groups is 1. The smallest absolute Gasteiger partial charge is 0.274 e. The first-order chi connectivity index (χ1) is 9.88. The van der Waals surface area contributed by atoms with Gasteiger partial charge in [-0.2, -0.15) is 0 Å². The van der Waals surface area contributed by atoms with E-state index in [0.29, 0.717) is 31.6 Å². The van der Waals surface area contributed by atoms with Gasteiger partial charge in [0, 0.05) is 36.8 Å². The van der Waals surface area contributed by atoms with E-state index < -0.39 is 10.8 Å². The van der Waals surface area contributed by atoms with E-state index in [-0.39, 0.29) is 23.3 Å². The third-order valence-electron chi connectivity index (χ3n) is 3.90. The molecule has 7 heteroatoms. The van der Waals surface area contributed by atoms with E-state index in [2.05, 4.69) is 4.90 Å². The average molecular weight is 293 g/mol. The van der Waals surface area contributed by atoms with Crippen LogP contribution in [0.3, 0.4) is 0 Å². The second kappa shape index (κ2) is 6.19. The van der Waals surface area contributed by atoms with Crippen molar-refractivity contribution >= 4 is 11.6 Å². The molecule has 1 aromatic carbocycles. The molecule has 1 heterocycles. The largest absolute Gasteiger partial charge is 0.393 e. The number of piperidine rings is 1. The van der Waals surface area contributed by atoms with Crippen LogP contribution in [0.25, 0.3) is 0 Å². The first kappa shape index (κ1) is 15.4. The molecule has 0 bridgehead atoms. The summed E-state index contributed by atoms with van der Waals surface area (Å²) in [5.74, 6) is -0.540. The van der Waals surface area contributed by atoms with Crippen LogP contribution in [0.2, 0.25) is 0 Å². The Bertz CT molecular complexity index is 561. The van der Waals surface area contributed by atoms with Gasteiger partial charge in [-0.1, -0.05) is 13.0 Å². The Balaban J connectivity index is 2.19. The van der Waals surface area contributed by atoms with Crippen LogP contribution < -0.4 is 5.73 Å². The zero-order chi connectivity index (χ0) is 15.6. The summed E-state index contributed by atoms with van der Waals surface area (Å²) in [6, 6.07) is 4.31. The van der Waals surface area contributed by atoms with E-state index in [0.717, 1.165) is 0 Å². The Kier molecular flexibility index (Phi) is 4.54. The zero-order valence-corrected chi connectivity index (χ0v) is 11.9. The van der Waals surface area contributed by atoms with Crippen LogP contribution in [0.4, 0.5) is 5.69 Å². The zero-order valence-electron chi connectivity index (χ0n) is 11.9. The summed E-state index contributed by atoms with van der Waals surface area (Å²) in [6.45, 7) is 3.77. The summed E-state index contributed by atoms with van der Waals surface area (Å²) >= 11 is 0. The summed E-state index contributed by atoms with van der Waals surface area (Å²) in [6.07, 6.45) is 0.349. The molecule has 1 aromatic rings. The molecule has 0 radical (unpaired) electrons. The number of rotatable bonds is 4. The van der Waals surface area contributed by atoms with Crippen molar-refractivity contribution in [3.05, 3.63) is 39.4 Å². The monoisotopic (exact) mass is 293 g/mol. The number of hydrogen-bond acceptors (Lipinski definition) is 5. The molecule has 1 amide bonds. The number of aliphatic hydroxyl groups excluding tert-OH is 1. The van der Waals surface area contributed by atoms with Gasteiger partial charge in [-0.25, -0.2) is 0 Å². The Labute approximate surface area is 122 Å². The molecule has 0 spiro atoms. The number of likely N-dealkylation sites (tertiary alicyclic amines) is 1. The first-order valence-corrected chi connectivity index (χ1v) is 6.86. The molecule has 7 nitrogen and oxygen atoms in total. The van der Waals surface area contributed by atoms with Gasteiger partial charge in [0.15, 0.2) is 0 Å². The Hall–Kier alpha value is -1.99. The number of hydrogen-bond donors (Lipinski definition) is 2. The molecule has 1 aliphatic rings. The van der Waals surface area contributed by atoms with Gasteiger partial charge in [-0.3, -0.25) is 19.8 Å². The van der Waals surface area contributed by atoms with E-state index >= 15 is 0 Å². The molecule has 1 saturated heterocycles. The maximum Gasteiger partial charge on any atom is 0.274 e. The predicted molar refractivity (Wildman–Crippen MR) is 76.7 cm³/mol. The molecule has 1 fully saturated rings. The van der Waals surface area contributed by atoms with Gasteiger partial charge in [0.1, 0.15) is 0 Å². The highest BCUT2D eigenvalue weighted by Crippen LogP contribution is 2.24. The Morgan fingerprint density at radius 2 is 2.29 bits per heavy atom. The predicted octanol–water partition coefficient (Wildman–Crippen LogP) is 0.896. The van der Waals surface area contributed by atoms with Gasteiger partial charge < -0.3 is 10.8 Å². The lowest BCUT2D eigenvalue weighted by Gasteiger charge is -2.34. The summed E-state index contributed by atoms with van der Waals surface area (Å²) in [5.41, 5.74) is 5.74. The van der Waals surface area contributed by atoms with Crippen molar-refractivity contribution in [1.29, 1.82) is 0 Å². The number of nitrogens with two attached hydrogens (primary N) is 1. The molecule has 2 atom stereocenters. The van der Waals surface area contributed by atoms with Crippen molar-refractivity contribution in [2.75, 3.05) is 13.1 Å². The highest BCUT2D eigenvalue weighted by molar-refractivity contribution is 5.93. The normalized spacial score (nSPS) is 23.0. The third-order valence-corrected chi connectivity index (χ3v) is 3.90. The Morgan fingerprint density at radius 3 is 2.86 bits per heavy atom. The molecule has 0 aliphatic carbocycles. The van der Waals surface area contributed by atoms with Crippen LogP contribution in [0.15, 0.2) is 18.2 Å². The molecular formula is C14H19N3O4. The van der Waals surface area contributed by atoms with Gasteiger partial charge in [-0.15, -0.1) is 0 Å². The van der Waals surface area contributed by atoms with E-state index in [1.807, 2.05) is 6.92 Å². The molecule has 2 unspecified atom stereocenters. The van der Waals surface area contributed by atoms with Crippen LogP contribution >= 0.6 is 0 Å². The SMILES string of the molecule is CC1CN(Cc2ccc(C(N)=O)cc2[N+](=O)[O-])CCC1O. The minimum absolute atomic E-state index is 0.0925. The fourth-order valence-electron chi connectivity index (χ4n) is 2.62. The van der Waals surface area contributed by atoms with Gasteiger partial charge in [-0.05, 0) is 18.4 Å². The average Bonchev–Trinajstić information content (AvgIpc) is 2.43. The van der Waals surface area contributed by atoms with Crippen molar-refractivity contribution < 1.29 is 14.8 Å². The van der Waals surface area contributed by atoms with Crippen molar-refractivity contribution in [3.63, 3.8) is 0 Å². The van der Waals surface area contributed by atoms with Crippen LogP contribution in [0.5, 0.6) is 0 Å². The fraction of sp³-hybridized carbons (Fsp3) is 0.500. The van der Waals surface area contributed by atoms with Crippen molar-refractivity contribution in [1.82, 2.24) is 4.90 Å². The second-order valence-electron chi connectivity index (χ2n) is 5.53. The summed E-state index contributed by atoms with van der Waals surface area (Å²) < 4.78 is 0. The summed E-state index contributed by atoms with van der Waals surface area (Å²) in [7, 11) is 0. The second-order valence-corrected chi connectivity index (χ2v) is 5.53. The third kappa shape index (κ3) is 3.56. The fourth-order valence-corrected chi connectivity index (χ4v) is 2.62. The van der Waals surface area contributed by atoms with Crippen molar-refractivity contribution in [3.8, 4) is 0 Å². The summed E-state index contributed by atoms with van der Waals surface area (Å²) in [4.78, 5) is 23.8. The van der Waals surface area contributed by atoms with Gasteiger partial charge in [0.2, 0.25) is 5.91 Å². The number of nitrogens with zero attached hydrogens (tertiary/aromatic N) is 2. The number of primary amides is 1. The number of carbonyl (C=O) groups excluding carboxylic acids is 1. The lowest BCUT2D eigenvalue weighted by molar-refractivity contribution is -0.385. The first-order valence-electron chi connectivity index (χ1n) is 6.86. The van der Waals surface area contributed by atoms with Crippen LogP contribution in [-0.2, 0) is 6.54 Å². The lowest BCUT2D eigenvalue weighted by atomic mass is 9.96. The topological polar surface area (TPSA) is 110 Å². The molecule has 3 N–H and O–H groups in total. The number of amides is 1. The van der Waals surface area contributed by atoms with Crippen LogP contribution in [-0.4, -0.2) is 40.0 Å². The number of nitro groups is 1. The summed E-state index contributed by atoms with van der Waals surface area (Å²) in [5, 5.41) is 20.9. The number of nitro benzene ring substituents is 1. The van der Waals surface area contributed by atoms with Gasteiger partial charge in [0.25, 0.3) is 5.69 Å². The van der Waals surface area contributed by atoms with Crippen molar-refractivity contribution in [2.24, 2.45) is 11.7 Å². The van der Waals surface area contributed by atoms with Crippen molar-refractivity contribution in [2.45, 2.75) is 26.0 Å². The highest BCUT2D eigenvalue weighted by atomic mass is 16.6. The molecular weight excluding hydrogens is 274 g/mol. The molecule has 21 heavy (non-hydrogen) atoms. The molecule has 2 rings (SSSR count). The van der Waals surface area contributed by atoms with Crippen LogP contribution in [0.1, 0.15) is 29.3 Å². The highest BCUT2D eigenvalue weighted by Gasteiger charge is 2.26. The number of carbonyl (C=O) groups is 1. The molecule has 0 aromatic heterocycles. The maximum absolute atomic E-state index is 11.1. The van der Waals surface area contributed by atoms with E-state index in [4.69, 9.17) is 5.73 Å². The molecule has 114 valence electrons. The van der Waals surface area contributed by atoms with Crippen LogP contribution in [0, 0.1) is 16.0 Å². The minimum Gasteiger partial charge on any atom is -0.393 e. The molecule has 1 aliphatic heterocycles. The van der Waals surface area contributed by atoms with Gasteiger partial charge >= 0.3 is 0 Å². The van der Waals surface area contributed by atoms with Gasteiger partial charge in [0.05, 0.1) is 11.0 Å². The lowest BCUT2D eigenvalue weighted by Crippen LogP contribution is -2.41. The Morgan fingerprint density at radius 1 is 1.57 bits per heavy atom. The van der Waals surface area contributed by atoms with E-state index in [1.165, 1.54) is 12.1 Å². The maximum atomic E-state index is 11.1. The van der Waals surface area contributed by atoms with E-state index in [1.54, 1.807) is 6.07 Å².